The highest BCUT2D eigenvalue weighted by molar-refractivity contribution is 7.17. The standard InChI is InChI=1S/C21H20N2OS/c1-13(11-22)14-3-5-15(6-4-14)20-18(24-2)8-7-17-21(20)16-9-10-25-19(16)12-23-17/h3-10,12-13H,11,22H2,1-2H3/t13-/m0/s1. The van der Waals surface area contributed by atoms with Gasteiger partial charge >= 0.3 is 0 Å². The number of ether oxygens (including phenoxy) is 1. The molecule has 2 aromatic heterocycles. The molecule has 0 saturated carbocycles. The SMILES string of the molecule is COc1ccc2ncc3sccc3c2c1-c1ccc([C@@H](C)CN)cc1. The van der Waals surface area contributed by atoms with Crippen molar-refractivity contribution < 1.29 is 4.74 Å². The zero-order valence-corrected chi connectivity index (χ0v) is 15.1. The molecule has 0 saturated heterocycles. The van der Waals surface area contributed by atoms with Crippen molar-refractivity contribution in [2.45, 2.75) is 12.8 Å². The molecule has 2 N–H and O–H groups in total. The van der Waals surface area contributed by atoms with Gasteiger partial charge < -0.3 is 10.5 Å². The Morgan fingerprint density at radius 2 is 1.92 bits per heavy atom. The van der Waals surface area contributed by atoms with E-state index in [0.717, 1.165) is 27.8 Å². The second-order valence-corrected chi connectivity index (χ2v) is 7.20. The first-order valence-corrected chi connectivity index (χ1v) is 9.24. The van der Waals surface area contributed by atoms with Gasteiger partial charge in [-0.05, 0) is 47.2 Å². The van der Waals surface area contributed by atoms with Crippen LogP contribution in [-0.4, -0.2) is 18.6 Å². The molecule has 3 nitrogen and oxygen atoms in total. The van der Waals surface area contributed by atoms with Crippen LogP contribution >= 0.6 is 11.3 Å². The van der Waals surface area contributed by atoms with E-state index in [1.54, 1.807) is 18.4 Å². The first kappa shape index (κ1) is 16.1. The number of hydrogen-bond acceptors (Lipinski definition) is 4. The molecule has 1 atom stereocenters. The third kappa shape index (κ3) is 2.68. The molecule has 4 rings (SSSR count). The molecule has 0 unspecified atom stereocenters. The highest BCUT2D eigenvalue weighted by atomic mass is 32.1. The van der Waals surface area contributed by atoms with Gasteiger partial charge in [0.2, 0.25) is 0 Å². The van der Waals surface area contributed by atoms with E-state index in [0.29, 0.717) is 12.5 Å². The Kier molecular flexibility index (Phi) is 4.15. The molecule has 126 valence electrons. The van der Waals surface area contributed by atoms with E-state index in [-0.39, 0.29) is 0 Å². The van der Waals surface area contributed by atoms with E-state index in [2.05, 4.69) is 47.6 Å². The molecule has 25 heavy (non-hydrogen) atoms. The summed E-state index contributed by atoms with van der Waals surface area (Å²) >= 11 is 1.71. The third-order valence-corrected chi connectivity index (χ3v) is 5.62. The summed E-state index contributed by atoms with van der Waals surface area (Å²) < 4.78 is 6.88. The second-order valence-electron chi connectivity index (χ2n) is 6.25. The molecule has 0 radical (unpaired) electrons. The zero-order valence-electron chi connectivity index (χ0n) is 14.3. The van der Waals surface area contributed by atoms with E-state index < -0.39 is 0 Å². The molecular weight excluding hydrogens is 328 g/mol. The second kappa shape index (κ2) is 6.47. The summed E-state index contributed by atoms with van der Waals surface area (Å²) in [7, 11) is 1.72. The molecule has 0 aliphatic carbocycles. The van der Waals surface area contributed by atoms with Gasteiger partial charge in [-0.3, -0.25) is 4.98 Å². The summed E-state index contributed by atoms with van der Waals surface area (Å²) in [5.41, 5.74) is 10.3. The Morgan fingerprint density at radius 1 is 1.12 bits per heavy atom. The van der Waals surface area contributed by atoms with Crippen molar-refractivity contribution in [2.24, 2.45) is 5.73 Å². The molecule has 0 spiro atoms. The number of nitrogens with two attached hydrogens (primary N) is 1. The van der Waals surface area contributed by atoms with E-state index in [9.17, 15) is 0 Å². The number of thiophene rings is 1. The van der Waals surface area contributed by atoms with E-state index in [1.807, 2.05) is 18.3 Å². The lowest BCUT2D eigenvalue weighted by atomic mass is 9.94. The molecule has 0 bridgehead atoms. The maximum absolute atomic E-state index is 5.80. The lowest BCUT2D eigenvalue weighted by Gasteiger charge is -2.14. The largest absolute Gasteiger partial charge is 0.496 e. The van der Waals surface area contributed by atoms with Gasteiger partial charge in [0.25, 0.3) is 0 Å². The number of nitrogens with zero attached hydrogens (tertiary/aromatic N) is 1. The van der Waals surface area contributed by atoms with Crippen LogP contribution in [0.4, 0.5) is 0 Å². The number of benzene rings is 2. The van der Waals surface area contributed by atoms with E-state index >= 15 is 0 Å². The molecule has 0 aliphatic rings. The van der Waals surface area contributed by atoms with Crippen LogP contribution in [0.2, 0.25) is 0 Å². The number of pyridine rings is 1. The Bertz CT molecular complexity index is 1040. The van der Waals surface area contributed by atoms with Crippen LogP contribution in [0.5, 0.6) is 5.75 Å². The number of rotatable bonds is 4. The molecular formula is C21H20N2OS. The summed E-state index contributed by atoms with van der Waals surface area (Å²) in [6.45, 7) is 2.79. The lowest BCUT2D eigenvalue weighted by Crippen LogP contribution is -2.08. The summed E-state index contributed by atoms with van der Waals surface area (Å²) in [5.74, 6) is 1.22. The van der Waals surface area contributed by atoms with Crippen molar-refractivity contribution in [1.29, 1.82) is 0 Å². The van der Waals surface area contributed by atoms with Gasteiger partial charge in [0.15, 0.2) is 0 Å². The predicted octanol–water partition coefficient (Wildman–Crippen LogP) is 5.19. The minimum absolute atomic E-state index is 0.355. The number of aromatic nitrogens is 1. The van der Waals surface area contributed by atoms with E-state index in [1.165, 1.54) is 15.6 Å². The Balaban J connectivity index is 2.00. The van der Waals surface area contributed by atoms with Crippen LogP contribution in [0.3, 0.4) is 0 Å². The Labute approximate surface area is 151 Å². The fourth-order valence-corrected chi connectivity index (χ4v) is 4.04. The zero-order chi connectivity index (χ0) is 17.4. The smallest absolute Gasteiger partial charge is 0.127 e. The molecule has 4 aromatic rings. The normalized spacial score (nSPS) is 12.6. The Hall–Kier alpha value is -2.43. The van der Waals surface area contributed by atoms with Gasteiger partial charge in [-0.25, -0.2) is 0 Å². The first-order chi connectivity index (χ1) is 12.2. The molecule has 2 heterocycles. The maximum Gasteiger partial charge on any atom is 0.127 e. The minimum atomic E-state index is 0.355. The number of fused-ring (bicyclic) bond motifs is 3. The van der Waals surface area contributed by atoms with Crippen LogP contribution in [0.15, 0.2) is 54.0 Å². The van der Waals surface area contributed by atoms with Gasteiger partial charge in [0.05, 0.1) is 17.3 Å². The molecule has 2 aromatic carbocycles. The fraction of sp³-hybridized carbons (Fsp3) is 0.190. The summed E-state index contributed by atoms with van der Waals surface area (Å²) in [6.07, 6.45) is 1.95. The topological polar surface area (TPSA) is 48.1 Å². The van der Waals surface area contributed by atoms with Gasteiger partial charge in [-0.15, -0.1) is 11.3 Å². The van der Waals surface area contributed by atoms with Crippen LogP contribution in [-0.2, 0) is 0 Å². The average molecular weight is 348 g/mol. The molecule has 0 aliphatic heterocycles. The van der Waals surface area contributed by atoms with Crippen molar-refractivity contribution in [3.63, 3.8) is 0 Å². The van der Waals surface area contributed by atoms with Crippen LogP contribution in [0.1, 0.15) is 18.4 Å². The molecule has 4 heteroatoms. The predicted molar refractivity (Wildman–Crippen MR) is 107 cm³/mol. The van der Waals surface area contributed by atoms with Crippen molar-refractivity contribution in [3.8, 4) is 16.9 Å². The maximum atomic E-state index is 5.80. The fourth-order valence-electron chi connectivity index (χ4n) is 3.28. The third-order valence-electron chi connectivity index (χ3n) is 4.77. The van der Waals surface area contributed by atoms with Crippen molar-refractivity contribution in [1.82, 2.24) is 4.98 Å². The van der Waals surface area contributed by atoms with Crippen LogP contribution < -0.4 is 10.5 Å². The Morgan fingerprint density at radius 3 is 2.64 bits per heavy atom. The lowest BCUT2D eigenvalue weighted by molar-refractivity contribution is 0.417. The summed E-state index contributed by atoms with van der Waals surface area (Å²) in [5, 5.41) is 4.49. The van der Waals surface area contributed by atoms with Gasteiger partial charge in [0, 0.05) is 22.5 Å². The number of hydrogen-bond donors (Lipinski definition) is 1. The van der Waals surface area contributed by atoms with Crippen LogP contribution in [0, 0.1) is 0 Å². The summed E-state index contributed by atoms with van der Waals surface area (Å²) in [4.78, 5) is 4.64. The quantitative estimate of drug-likeness (QED) is 0.552. The minimum Gasteiger partial charge on any atom is -0.496 e. The van der Waals surface area contributed by atoms with Crippen molar-refractivity contribution in [2.75, 3.05) is 13.7 Å². The van der Waals surface area contributed by atoms with Gasteiger partial charge in [-0.2, -0.15) is 0 Å². The highest BCUT2D eigenvalue weighted by Gasteiger charge is 2.15. The van der Waals surface area contributed by atoms with Crippen molar-refractivity contribution in [3.05, 3.63) is 59.6 Å². The molecule has 0 fully saturated rings. The number of methoxy groups -OCH3 is 1. The van der Waals surface area contributed by atoms with Gasteiger partial charge in [-0.1, -0.05) is 31.2 Å². The highest BCUT2D eigenvalue weighted by Crippen LogP contribution is 2.41. The average Bonchev–Trinajstić information content (AvgIpc) is 3.15. The summed E-state index contributed by atoms with van der Waals surface area (Å²) in [6, 6.07) is 14.8. The van der Waals surface area contributed by atoms with E-state index in [4.69, 9.17) is 10.5 Å². The van der Waals surface area contributed by atoms with Gasteiger partial charge in [0.1, 0.15) is 5.75 Å². The molecule has 0 amide bonds. The van der Waals surface area contributed by atoms with Crippen LogP contribution in [0.25, 0.3) is 32.1 Å². The first-order valence-electron chi connectivity index (χ1n) is 8.36. The van der Waals surface area contributed by atoms with Crippen molar-refractivity contribution >= 4 is 32.3 Å². The monoisotopic (exact) mass is 348 g/mol.